The van der Waals surface area contributed by atoms with E-state index in [4.69, 9.17) is 0 Å². The highest BCUT2D eigenvalue weighted by atomic mass is 19.3. The summed E-state index contributed by atoms with van der Waals surface area (Å²) in [6, 6.07) is 5.83. The molecular formula is C23H19F6N5O3. The number of ether oxygens (including phenoxy) is 1. The predicted octanol–water partition coefficient (Wildman–Crippen LogP) is 3.89. The third-order valence-electron chi connectivity index (χ3n) is 5.80. The molecule has 2 heterocycles. The van der Waals surface area contributed by atoms with Crippen molar-refractivity contribution in [3.05, 3.63) is 95.2 Å². The Labute approximate surface area is 205 Å². The van der Waals surface area contributed by atoms with Crippen LogP contribution in [0.4, 0.5) is 26.3 Å². The average molecular weight is 527 g/mol. The number of alkyl halides is 4. The first-order chi connectivity index (χ1) is 17.4. The predicted molar refractivity (Wildman–Crippen MR) is 117 cm³/mol. The number of hydrogen-bond acceptors (Lipinski definition) is 5. The van der Waals surface area contributed by atoms with Gasteiger partial charge in [0.15, 0.2) is 0 Å². The molecule has 0 aliphatic heterocycles. The lowest BCUT2D eigenvalue weighted by molar-refractivity contribution is -0.253. The molecule has 196 valence electrons. The SMILES string of the molecule is C[C@@H](n1ccn(-c2ccc(OC(F)(F)C(F)F)cc2)c1=O)C(O)(Cn1cncn1)c1ccc(F)cc1F. The average Bonchev–Trinajstić information content (AvgIpc) is 3.48. The van der Waals surface area contributed by atoms with E-state index in [1.54, 1.807) is 0 Å². The molecule has 0 bridgehead atoms. The molecular weight excluding hydrogens is 508 g/mol. The van der Waals surface area contributed by atoms with Gasteiger partial charge in [-0.15, -0.1) is 0 Å². The van der Waals surface area contributed by atoms with Gasteiger partial charge in [0.05, 0.1) is 18.3 Å². The van der Waals surface area contributed by atoms with E-state index < -0.39 is 47.3 Å². The van der Waals surface area contributed by atoms with Crippen LogP contribution >= 0.6 is 0 Å². The van der Waals surface area contributed by atoms with Crippen LogP contribution in [0.3, 0.4) is 0 Å². The van der Waals surface area contributed by atoms with E-state index in [2.05, 4.69) is 14.8 Å². The Kier molecular flexibility index (Phi) is 6.86. The lowest BCUT2D eigenvalue weighted by atomic mass is 9.86. The van der Waals surface area contributed by atoms with Crippen molar-refractivity contribution in [3.8, 4) is 11.4 Å². The highest BCUT2D eigenvalue weighted by Gasteiger charge is 2.44. The summed E-state index contributed by atoms with van der Waals surface area (Å²) in [4.78, 5) is 17.0. The summed E-state index contributed by atoms with van der Waals surface area (Å²) < 4.78 is 86.7. The molecule has 37 heavy (non-hydrogen) atoms. The van der Waals surface area contributed by atoms with Crippen molar-refractivity contribution in [1.82, 2.24) is 23.9 Å². The van der Waals surface area contributed by atoms with E-state index in [0.717, 1.165) is 33.4 Å². The van der Waals surface area contributed by atoms with Crippen molar-refractivity contribution >= 4 is 0 Å². The molecule has 14 heteroatoms. The number of nitrogens with zero attached hydrogens (tertiary/aromatic N) is 5. The molecule has 1 unspecified atom stereocenters. The lowest BCUT2D eigenvalue weighted by Crippen LogP contribution is -2.43. The number of aromatic nitrogens is 5. The van der Waals surface area contributed by atoms with Gasteiger partial charge in [-0.25, -0.2) is 23.2 Å². The van der Waals surface area contributed by atoms with Crippen molar-refractivity contribution in [1.29, 1.82) is 0 Å². The molecule has 0 spiro atoms. The fourth-order valence-corrected chi connectivity index (χ4v) is 3.83. The van der Waals surface area contributed by atoms with Crippen LogP contribution in [0.15, 0.2) is 72.3 Å². The summed E-state index contributed by atoms with van der Waals surface area (Å²) >= 11 is 0. The number of aliphatic hydroxyl groups is 1. The lowest BCUT2D eigenvalue weighted by Gasteiger charge is -2.35. The zero-order chi connectivity index (χ0) is 27.0. The maximum absolute atomic E-state index is 14.8. The van der Waals surface area contributed by atoms with Crippen molar-refractivity contribution < 1.29 is 36.2 Å². The van der Waals surface area contributed by atoms with Crippen molar-refractivity contribution in [2.75, 3.05) is 0 Å². The second kappa shape index (κ2) is 9.76. The fourth-order valence-electron chi connectivity index (χ4n) is 3.83. The van der Waals surface area contributed by atoms with E-state index in [9.17, 15) is 36.2 Å². The molecule has 4 rings (SSSR count). The molecule has 0 fully saturated rings. The summed E-state index contributed by atoms with van der Waals surface area (Å²) in [7, 11) is 0. The summed E-state index contributed by atoms with van der Waals surface area (Å²) in [5.41, 5.74) is -2.95. The minimum absolute atomic E-state index is 0.163. The number of imidazole rings is 1. The van der Waals surface area contributed by atoms with Crippen molar-refractivity contribution in [2.24, 2.45) is 0 Å². The summed E-state index contributed by atoms with van der Waals surface area (Å²) in [6.45, 7) is 1.09. The number of hydrogen-bond donors (Lipinski definition) is 1. The Bertz CT molecular complexity index is 1420. The van der Waals surface area contributed by atoms with Crippen LogP contribution in [0.5, 0.6) is 5.75 Å². The van der Waals surface area contributed by atoms with E-state index in [1.807, 2.05) is 0 Å². The van der Waals surface area contributed by atoms with Gasteiger partial charge in [0.1, 0.15) is 35.6 Å². The third kappa shape index (κ3) is 5.09. The van der Waals surface area contributed by atoms with Crippen LogP contribution in [0.1, 0.15) is 18.5 Å². The normalized spacial score (nSPS) is 14.5. The largest absolute Gasteiger partial charge is 0.461 e. The first kappa shape index (κ1) is 26.0. The van der Waals surface area contributed by atoms with E-state index in [0.29, 0.717) is 6.07 Å². The Balaban J connectivity index is 1.69. The fraction of sp³-hybridized carbons (Fsp3) is 0.261. The number of rotatable bonds is 9. The highest BCUT2D eigenvalue weighted by molar-refractivity contribution is 5.37. The summed E-state index contributed by atoms with van der Waals surface area (Å²) in [5.74, 6) is -2.46. The molecule has 0 amide bonds. The van der Waals surface area contributed by atoms with Crippen LogP contribution in [-0.4, -0.2) is 41.5 Å². The third-order valence-corrected chi connectivity index (χ3v) is 5.80. The molecule has 0 aliphatic carbocycles. The molecule has 0 saturated heterocycles. The maximum atomic E-state index is 14.8. The molecule has 4 aromatic rings. The minimum Gasteiger partial charge on any atom is -0.428 e. The topological polar surface area (TPSA) is 87.1 Å². The van der Waals surface area contributed by atoms with Crippen LogP contribution in [-0.2, 0) is 12.1 Å². The monoisotopic (exact) mass is 527 g/mol. The number of halogens is 6. The van der Waals surface area contributed by atoms with Gasteiger partial charge in [0.2, 0.25) is 0 Å². The molecule has 1 N–H and O–H groups in total. The second-order valence-electron chi connectivity index (χ2n) is 8.13. The van der Waals surface area contributed by atoms with Gasteiger partial charge in [-0.3, -0.25) is 9.13 Å². The Morgan fingerprint density at radius 3 is 2.38 bits per heavy atom. The zero-order valence-corrected chi connectivity index (χ0v) is 19.0. The molecule has 0 saturated carbocycles. The minimum atomic E-state index is -4.69. The molecule has 2 aromatic heterocycles. The van der Waals surface area contributed by atoms with Gasteiger partial charge in [0.25, 0.3) is 0 Å². The van der Waals surface area contributed by atoms with Crippen LogP contribution < -0.4 is 10.4 Å². The summed E-state index contributed by atoms with van der Waals surface area (Å²) in [6.07, 6.45) is -3.66. The maximum Gasteiger partial charge on any atom is 0.461 e. The van der Waals surface area contributed by atoms with Crippen molar-refractivity contribution in [2.45, 2.75) is 37.6 Å². The van der Waals surface area contributed by atoms with Gasteiger partial charge in [-0.05, 0) is 37.3 Å². The standard InChI is InChI=1S/C23H19F6N5O3/c1-14(22(36,11-32-13-30-12-31-32)18-7-2-15(24)10-19(18)25)33-8-9-34(21(33)35)16-3-5-17(6-4-16)37-23(28,29)20(26)27/h2-10,12-14,20,36H,11H2,1H3/t14-,22?/m1/s1. The van der Waals surface area contributed by atoms with Crippen molar-refractivity contribution in [3.63, 3.8) is 0 Å². The van der Waals surface area contributed by atoms with Crippen LogP contribution in [0.2, 0.25) is 0 Å². The van der Waals surface area contributed by atoms with Gasteiger partial charge >= 0.3 is 18.2 Å². The number of benzene rings is 2. The van der Waals surface area contributed by atoms with Crippen LogP contribution in [0, 0.1) is 11.6 Å². The molecule has 8 nitrogen and oxygen atoms in total. The Morgan fingerprint density at radius 2 is 1.78 bits per heavy atom. The quantitative estimate of drug-likeness (QED) is 0.334. The molecule has 0 aliphatic rings. The van der Waals surface area contributed by atoms with Gasteiger partial charge in [-0.1, -0.05) is 6.07 Å². The molecule has 2 atom stereocenters. The Hall–Kier alpha value is -4.07. The summed E-state index contributed by atoms with van der Waals surface area (Å²) in [5, 5.41) is 15.6. The van der Waals surface area contributed by atoms with Gasteiger partial charge in [-0.2, -0.15) is 22.7 Å². The van der Waals surface area contributed by atoms with Gasteiger partial charge < -0.3 is 9.84 Å². The van der Waals surface area contributed by atoms with E-state index >= 15 is 0 Å². The van der Waals surface area contributed by atoms with E-state index in [-0.39, 0.29) is 17.8 Å². The first-order valence-corrected chi connectivity index (χ1v) is 10.7. The van der Waals surface area contributed by atoms with Crippen LogP contribution in [0.25, 0.3) is 5.69 Å². The molecule has 2 aromatic carbocycles. The Morgan fingerprint density at radius 1 is 1.08 bits per heavy atom. The molecule has 0 radical (unpaired) electrons. The zero-order valence-electron chi connectivity index (χ0n) is 19.0. The second-order valence-corrected chi connectivity index (χ2v) is 8.13. The van der Waals surface area contributed by atoms with E-state index in [1.165, 1.54) is 48.8 Å². The smallest absolute Gasteiger partial charge is 0.428 e. The van der Waals surface area contributed by atoms with Gasteiger partial charge in [0, 0.05) is 24.0 Å². The highest BCUT2D eigenvalue weighted by Crippen LogP contribution is 2.36. The first-order valence-electron chi connectivity index (χ1n) is 10.7.